The van der Waals surface area contributed by atoms with Crippen molar-refractivity contribution in [2.75, 3.05) is 52.2 Å². The molecule has 2 fully saturated rings. The Kier molecular flexibility index (Phi) is 14.3. The van der Waals surface area contributed by atoms with Crippen molar-refractivity contribution in [3.05, 3.63) is 95.2 Å². The van der Waals surface area contributed by atoms with Gasteiger partial charge in [-0.2, -0.15) is 9.03 Å². The number of anilines is 2. The van der Waals surface area contributed by atoms with Gasteiger partial charge < -0.3 is 48.8 Å². The van der Waals surface area contributed by atoms with Gasteiger partial charge in [-0.3, -0.25) is 4.79 Å². The molecule has 21 heteroatoms. The number of carboxylic acid groups (broad SMARTS) is 1. The Balaban J connectivity index is 0.000000172. The molecule has 2 aliphatic rings. The van der Waals surface area contributed by atoms with Gasteiger partial charge >= 0.3 is 0 Å². The molecule has 1 aliphatic carbocycles. The van der Waals surface area contributed by atoms with Crippen LogP contribution in [0.3, 0.4) is 0 Å². The highest BCUT2D eigenvalue weighted by Crippen LogP contribution is 2.35. The maximum atomic E-state index is 8.36. The SMILES string of the molecule is COc1ccc(CNc2nc(-c3ncco3)c(C)c3nc(C4CCCC4)nn23)c(OC)c1.COc1ccc(CNc2nc(-c3ncco3)c(C)c3nc(C4CCNC4)nn23)c(OC)c1.O=CO. The Morgan fingerprint density at radius 2 is 1.18 bits per heavy atom. The molecule has 0 bridgehead atoms. The van der Waals surface area contributed by atoms with Crippen LogP contribution in [0, 0.1) is 13.8 Å². The summed E-state index contributed by atoms with van der Waals surface area (Å²) >= 11 is 0. The molecule has 0 radical (unpaired) electrons. The number of oxazole rings is 2. The molecule has 2 aromatic carbocycles. The summed E-state index contributed by atoms with van der Waals surface area (Å²) in [4.78, 5) is 36.3. The highest BCUT2D eigenvalue weighted by atomic mass is 16.5. The summed E-state index contributed by atoms with van der Waals surface area (Å²) in [6.45, 7) is 6.50. The van der Waals surface area contributed by atoms with Crippen molar-refractivity contribution >= 4 is 29.7 Å². The first-order chi connectivity index (χ1) is 32.8. The third-order valence-corrected chi connectivity index (χ3v) is 11.7. The average Bonchev–Trinajstić information content (AvgIpc) is 4.21. The Morgan fingerprint density at radius 1 is 0.701 bits per heavy atom. The normalized spacial score (nSPS) is 14.6. The predicted octanol–water partition coefficient (Wildman–Crippen LogP) is 6.87. The maximum Gasteiger partial charge on any atom is 0.290 e. The third kappa shape index (κ3) is 9.91. The van der Waals surface area contributed by atoms with Crippen LogP contribution >= 0.6 is 0 Å². The fourth-order valence-electron chi connectivity index (χ4n) is 8.20. The molecule has 10 rings (SSSR count). The van der Waals surface area contributed by atoms with Crippen LogP contribution in [0.25, 0.3) is 34.5 Å². The van der Waals surface area contributed by atoms with E-state index in [9.17, 15) is 0 Å². The van der Waals surface area contributed by atoms with E-state index in [0.29, 0.717) is 54.1 Å². The molecule has 1 saturated heterocycles. The molecule has 1 unspecified atom stereocenters. The summed E-state index contributed by atoms with van der Waals surface area (Å²) in [5.74, 6) is 7.35. The van der Waals surface area contributed by atoms with Crippen molar-refractivity contribution < 1.29 is 37.7 Å². The van der Waals surface area contributed by atoms with E-state index < -0.39 is 0 Å². The number of nitrogens with zero attached hydrogens (tertiary/aromatic N) is 10. The first kappa shape index (κ1) is 45.7. The number of aryl methyl sites for hydroxylation is 2. The summed E-state index contributed by atoms with van der Waals surface area (Å²) in [5.41, 5.74) is 6.46. The highest BCUT2D eigenvalue weighted by Gasteiger charge is 2.27. The van der Waals surface area contributed by atoms with Crippen LogP contribution in [0.15, 0.2) is 70.2 Å². The molecule has 0 spiro atoms. The van der Waals surface area contributed by atoms with Crippen LogP contribution in [-0.2, 0) is 17.9 Å². The second kappa shape index (κ2) is 21.0. The summed E-state index contributed by atoms with van der Waals surface area (Å²) in [7, 11) is 6.55. The molecule has 1 aliphatic heterocycles. The minimum atomic E-state index is -0.250. The number of carbonyl (C=O) groups is 1. The third-order valence-electron chi connectivity index (χ3n) is 11.7. The number of aromatic nitrogens is 10. The molecule has 1 atom stereocenters. The van der Waals surface area contributed by atoms with Gasteiger partial charge in [-0.05, 0) is 63.9 Å². The zero-order valence-corrected chi connectivity index (χ0v) is 38.1. The van der Waals surface area contributed by atoms with E-state index in [0.717, 1.165) is 101 Å². The zero-order chi connectivity index (χ0) is 46.9. The number of methoxy groups -OCH3 is 4. The minimum Gasteiger partial charge on any atom is -0.497 e. The lowest BCUT2D eigenvalue weighted by molar-refractivity contribution is -0.122. The van der Waals surface area contributed by atoms with E-state index in [-0.39, 0.29) is 12.4 Å². The van der Waals surface area contributed by atoms with Gasteiger partial charge in [0.05, 0.1) is 40.8 Å². The maximum absolute atomic E-state index is 8.36. The second-order valence-electron chi connectivity index (χ2n) is 15.7. The van der Waals surface area contributed by atoms with Crippen molar-refractivity contribution in [3.8, 4) is 46.2 Å². The van der Waals surface area contributed by atoms with Crippen molar-refractivity contribution in [1.29, 1.82) is 0 Å². The van der Waals surface area contributed by atoms with E-state index in [1.54, 1.807) is 56.1 Å². The summed E-state index contributed by atoms with van der Waals surface area (Å²) in [5, 5.41) is 26.7. The van der Waals surface area contributed by atoms with Gasteiger partial charge in [0, 0.05) is 65.9 Å². The Hall–Kier alpha value is -7.81. The minimum absolute atomic E-state index is 0.250. The summed E-state index contributed by atoms with van der Waals surface area (Å²) in [6, 6.07) is 11.5. The van der Waals surface area contributed by atoms with Gasteiger partial charge in [0.15, 0.2) is 22.9 Å². The Labute approximate surface area is 385 Å². The van der Waals surface area contributed by atoms with Crippen LogP contribution in [-0.4, -0.2) is 102 Å². The molecular formula is C46H53N13O8. The molecule has 0 amide bonds. The number of fused-ring (bicyclic) bond motifs is 2. The fraction of sp³-hybridized carbons (Fsp3) is 0.370. The lowest BCUT2D eigenvalue weighted by Gasteiger charge is -2.13. The van der Waals surface area contributed by atoms with Gasteiger partial charge in [0.2, 0.25) is 23.7 Å². The Bertz CT molecular complexity index is 2710. The summed E-state index contributed by atoms with van der Waals surface area (Å²) < 4.78 is 36.3. The first-order valence-corrected chi connectivity index (χ1v) is 21.8. The van der Waals surface area contributed by atoms with Crippen LogP contribution in [0.1, 0.15) is 77.8 Å². The quantitative estimate of drug-likeness (QED) is 0.0813. The Morgan fingerprint density at radius 3 is 1.58 bits per heavy atom. The second-order valence-corrected chi connectivity index (χ2v) is 15.7. The highest BCUT2D eigenvalue weighted by molar-refractivity contribution is 5.67. The van der Waals surface area contributed by atoms with Gasteiger partial charge in [-0.25, -0.2) is 29.9 Å². The zero-order valence-electron chi connectivity index (χ0n) is 38.1. The van der Waals surface area contributed by atoms with Crippen molar-refractivity contribution in [2.24, 2.45) is 0 Å². The number of rotatable bonds is 14. The van der Waals surface area contributed by atoms with Crippen LogP contribution in [0.5, 0.6) is 23.0 Å². The van der Waals surface area contributed by atoms with Gasteiger partial charge in [-0.1, -0.05) is 12.8 Å². The number of hydrogen-bond acceptors (Lipinski definition) is 18. The van der Waals surface area contributed by atoms with Crippen molar-refractivity contribution in [1.82, 2.24) is 54.4 Å². The van der Waals surface area contributed by atoms with E-state index in [4.69, 9.17) is 67.8 Å². The number of nitrogens with one attached hydrogen (secondary N) is 3. The van der Waals surface area contributed by atoms with Gasteiger partial charge in [-0.15, -0.1) is 10.2 Å². The lowest BCUT2D eigenvalue weighted by atomic mass is 10.1. The van der Waals surface area contributed by atoms with Crippen LogP contribution in [0.2, 0.25) is 0 Å². The molecule has 67 heavy (non-hydrogen) atoms. The number of ether oxygens (including phenoxy) is 4. The molecule has 7 heterocycles. The number of hydrogen-bond donors (Lipinski definition) is 4. The largest absolute Gasteiger partial charge is 0.497 e. The molecule has 8 aromatic rings. The number of benzene rings is 2. The lowest BCUT2D eigenvalue weighted by Crippen LogP contribution is -2.11. The van der Waals surface area contributed by atoms with Crippen LogP contribution in [0.4, 0.5) is 11.9 Å². The van der Waals surface area contributed by atoms with E-state index in [2.05, 4.69) is 25.9 Å². The predicted molar refractivity (Wildman–Crippen MR) is 246 cm³/mol. The molecule has 21 nitrogen and oxygen atoms in total. The molecular weight excluding hydrogens is 863 g/mol. The van der Waals surface area contributed by atoms with Gasteiger partial charge in [0.1, 0.15) is 46.9 Å². The molecule has 350 valence electrons. The first-order valence-electron chi connectivity index (χ1n) is 21.8. The van der Waals surface area contributed by atoms with Gasteiger partial charge in [0.25, 0.3) is 6.47 Å². The van der Waals surface area contributed by atoms with Crippen molar-refractivity contribution in [3.63, 3.8) is 0 Å². The molecule has 1 saturated carbocycles. The monoisotopic (exact) mass is 915 g/mol. The summed E-state index contributed by atoms with van der Waals surface area (Å²) in [6.07, 6.45) is 12.0. The average molecular weight is 916 g/mol. The fourth-order valence-corrected chi connectivity index (χ4v) is 8.20. The van der Waals surface area contributed by atoms with Crippen molar-refractivity contribution in [2.45, 2.75) is 70.9 Å². The van der Waals surface area contributed by atoms with E-state index >= 15 is 0 Å². The molecule has 6 aromatic heterocycles. The topological polar surface area (TPSA) is 249 Å². The smallest absolute Gasteiger partial charge is 0.290 e. The van der Waals surface area contributed by atoms with Crippen LogP contribution < -0.4 is 34.9 Å². The van der Waals surface area contributed by atoms with E-state index in [1.165, 1.54) is 19.1 Å². The van der Waals surface area contributed by atoms with E-state index in [1.807, 2.05) is 50.2 Å². The standard InChI is InChI=1S/C23H26N6O3.C22H25N7O3.CH2O2/c1-14-19(22-24-10-11-32-22)26-23(25-13-16-8-9-17(30-2)12-18(16)31-3)29-21(14)27-20(28-29)15-6-4-5-7-15;1-13-18(21-24-8-9-32-21)26-22(25-12-14-4-5-16(30-2)10-17(14)31-3)29-20(13)27-19(28-29)15-6-7-23-11-15;2-1-3/h8-12,15H,4-7,13H2,1-3H3,(H,25,26);4-5,8-10,15,23H,6-7,11-12H2,1-3H3,(H,25,26);1H,(H,2,3). The molecule has 4 N–H and O–H groups in total.